The predicted octanol–water partition coefficient (Wildman–Crippen LogP) is 2.74. The number of amides is 2. The second kappa shape index (κ2) is 7.72. The van der Waals surface area contributed by atoms with Gasteiger partial charge in [-0.1, -0.05) is 6.07 Å². The number of carbonyl (C=O) groups excluding carboxylic acids is 1. The number of nitrogens with one attached hydrogen (secondary N) is 2. The summed E-state index contributed by atoms with van der Waals surface area (Å²) in [5, 5.41) is 13.3. The van der Waals surface area contributed by atoms with Crippen molar-refractivity contribution in [2.45, 2.75) is 26.4 Å². The third-order valence-corrected chi connectivity index (χ3v) is 3.61. The van der Waals surface area contributed by atoms with Gasteiger partial charge in [-0.2, -0.15) is 10.2 Å². The Hall–Kier alpha value is -3.30. The predicted molar refractivity (Wildman–Crippen MR) is 91.2 cm³/mol. The molecule has 3 aromatic heterocycles. The van der Waals surface area contributed by atoms with Crippen LogP contribution in [-0.2, 0) is 13.1 Å². The first kappa shape index (κ1) is 17.5. The van der Waals surface area contributed by atoms with Crippen molar-refractivity contribution >= 4 is 17.5 Å². The van der Waals surface area contributed by atoms with Gasteiger partial charge < -0.3 is 5.32 Å². The van der Waals surface area contributed by atoms with Crippen LogP contribution in [0.2, 0.25) is 0 Å². The van der Waals surface area contributed by atoms with E-state index in [1.165, 1.54) is 6.20 Å². The van der Waals surface area contributed by atoms with Crippen LogP contribution in [0.4, 0.5) is 25.1 Å². The fraction of sp³-hybridized carbons (Fsp3) is 0.250. The van der Waals surface area contributed by atoms with Gasteiger partial charge in [-0.25, -0.2) is 13.6 Å². The molecular formula is C16H17F2N7O. The van der Waals surface area contributed by atoms with Crippen LogP contribution in [0.1, 0.15) is 11.3 Å². The van der Waals surface area contributed by atoms with Crippen molar-refractivity contribution in [3.63, 3.8) is 0 Å². The maximum atomic E-state index is 12.4. The molecule has 0 saturated heterocycles. The number of carbonyl (C=O) groups is 1. The number of hydrogen-bond acceptors (Lipinski definition) is 4. The lowest BCUT2D eigenvalue weighted by atomic mass is 10.3. The molecule has 3 aromatic rings. The van der Waals surface area contributed by atoms with E-state index in [4.69, 9.17) is 0 Å². The van der Waals surface area contributed by atoms with Gasteiger partial charge in [-0.15, -0.1) is 0 Å². The fourth-order valence-electron chi connectivity index (χ4n) is 2.35. The molecule has 0 aliphatic heterocycles. The second-order valence-corrected chi connectivity index (χ2v) is 5.56. The first-order valence-corrected chi connectivity index (χ1v) is 7.82. The van der Waals surface area contributed by atoms with Gasteiger partial charge in [-0.05, 0) is 18.6 Å². The highest BCUT2D eigenvalue weighted by Gasteiger charge is 2.13. The molecule has 2 N–H and O–H groups in total. The van der Waals surface area contributed by atoms with Crippen molar-refractivity contribution in [2.75, 3.05) is 10.6 Å². The van der Waals surface area contributed by atoms with E-state index in [1.54, 1.807) is 36.3 Å². The smallest absolute Gasteiger partial charge is 0.305 e. The molecule has 2 amide bonds. The molecule has 3 heterocycles. The SMILES string of the molecule is Cc1c(NC(=O)Nc2ccn(Cc3cccnc3)n2)cnn1CC(F)F. The van der Waals surface area contributed by atoms with E-state index in [-0.39, 0.29) is 0 Å². The summed E-state index contributed by atoms with van der Waals surface area (Å²) in [4.78, 5) is 16.1. The molecule has 3 rings (SSSR count). The van der Waals surface area contributed by atoms with Gasteiger partial charge in [0.05, 0.1) is 24.1 Å². The molecule has 26 heavy (non-hydrogen) atoms. The lowest BCUT2D eigenvalue weighted by Crippen LogP contribution is -2.20. The molecule has 0 saturated carbocycles. The maximum Gasteiger partial charge on any atom is 0.324 e. The summed E-state index contributed by atoms with van der Waals surface area (Å²) in [6.07, 6.45) is 3.97. The minimum atomic E-state index is -2.51. The van der Waals surface area contributed by atoms with E-state index in [9.17, 15) is 13.6 Å². The van der Waals surface area contributed by atoms with Gasteiger partial charge in [0.25, 0.3) is 6.43 Å². The summed E-state index contributed by atoms with van der Waals surface area (Å²) in [6, 6.07) is 4.88. The second-order valence-electron chi connectivity index (χ2n) is 5.56. The number of nitrogens with zero attached hydrogens (tertiary/aromatic N) is 5. The van der Waals surface area contributed by atoms with Crippen LogP contribution in [0, 0.1) is 6.92 Å². The first-order chi connectivity index (χ1) is 12.5. The van der Waals surface area contributed by atoms with Crippen LogP contribution in [0.15, 0.2) is 43.0 Å². The Morgan fingerprint density at radius 1 is 1.27 bits per heavy atom. The van der Waals surface area contributed by atoms with E-state index < -0.39 is 19.0 Å². The summed E-state index contributed by atoms with van der Waals surface area (Å²) in [5.74, 6) is 0.365. The molecule has 0 aliphatic rings. The van der Waals surface area contributed by atoms with E-state index in [1.807, 2.05) is 12.1 Å². The molecule has 0 bridgehead atoms. The van der Waals surface area contributed by atoms with Crippen molar-refractivity contribution in [3.05, 3.63) is 54.2 Å². The summed E-state index contributed by atoms with van der Waals surface area (Å²) < 4.78 is 27.7. The van der Waals surface area contributed by atoms with Gasteiger partial charge in [0.2, 0.25) is 0 Å². The van der Waals surface area contributed by atoms with Crippen molar-refractivity contribution in [1.82, 2.24) is 24.5 Å². The zero-order valence-electron chi connectivity index (χ0n) is 13.9. The van der Waals surface area contributed by atoms with Gasteiger partial charge in [0.1, 0.15) is 6.54 Å². The zero-order chi connectivity index (χ0) is 18.5. The molecule has 0 fully saturated rings. The number of aromatic nitrogens is 5. The number of anilines is 2. The van der Waals surface area contributed by atoms with E-state index in [0.29, 0.717) is 23.7 Å². The molecule has 0 spiro atoms. The average molecular weight is 361 g/mol. The average Bonchev–Trinajstić information content (AvgIpc) is 3.17. The molecule has 10 heteroatoms. The third-order valence-electron chi connectivity index (χ3n) is 3.61. The van der Waals surface area contributed by atoms with Crippen LogP contribution < -0.4 is 10.6 Å². The zero-order valence-corrected chi connectivity index (χ0v) is 13.9. The lowest BCUT2D eigenvalue weighted by molar-refractivity contribution is 0.121. The Bertz CT molecular complexity index is 876. The molecule has 0 aromatic carbocycles. The van der Waals surface area contributed by atoms with Crippen LogP contribution in [0.25, 0.3) is 0 Å². The maximum absolute atomic E-state index is 12.4. The molecule has 0 unspecified atom stereocenters. The number of halogens is 2. The Morgan fingerprint density at radius 3 is 2.85 bits per heavy atom. The molecule has 8 nitrogen and oxygen atoms in total. The fourth-order valence-corrected chi connectivity index (χ4v) is 2.35. The minimum Gasteiger partial charge on any atom is -0.305 e. The normalized spacial score (nSPS) is 10.9. The van der Waals surface area contributed by atoms with Gasteiger partial charge in [0.15, 0.2) is 5.82 Å². The number of urea groups is 1. The largest absolute Gasteiger partial charge is 0.324 e. The quantitative estimate of drug-likeness (QED) is 0.706. The lowest BCUT2D eigenvalue weighted by Gasteiger charge is -2.06. The van der Waals surface area contributed by atoms with Crippen LogP contribution >= 0.6 is 0 Å². The van der Waals surface area contributed by atoms with Crippen molar-refractivity contribution in [2.24, 2.45) is 0 Å². The van der Waals surface area contributed by atoms with E-state index >= 15 is 0 Å². The number of hydrogen-bond donors (Lipinski definition) is 2. The molecular weight excluding hydrogens is 344 g/mol. The standard InChI is InChI=1S/C16H17F2N7O/c1-11-13(8-20-25(11)10-14(17)18)21-16(26)22-15-4-6-24(23-15)9-12-3-2-5-19-7-12/h2-8,14H,9-10H2,1H3,(H2,21,22,23,26). The Morgan fingerprint density at radius 2 is 2.12 bits per heavy atom. The summed E-state index contributed by atoms with van der Waals surface area (Å²) in [7, 11) is 0. The molecule has 0 atom stereocenters. The summed E-state index contributed by atoms with van der Waals surface area (Å²) in [6.45, 7) is 1.61. The Labute approximate surface area is 147 Å². The summed E-state index contributed by atoms with van der Waals surface area (Å²) in [5.41, 5.74) is 1.79. The highest BCUT2D eigenvalue weighted by atomic mass is 19.3. The van der Waals surface area contributed by atoms with Crippen LogP contribution in [0.5, 0.6) is 0 Å². The summed E-state index contributed by atoms with van der Waals surface area (Å²) >= 11 is 0. The highest BCUT2D eigenvalue weighted by Crippen LogP contribution is 2.15. The van der Waals surface area contributed by atoms with Crippen molar-refractivity contribution in [3.8, 4) is 0 Å². The first-order valence-electron chi connectivity index (χ1n) is 7.82. The van der Waals surface area contributed by atoms with Crippen molar-refractivity contribution in [1.29, 1.82) is 0 Å². The molecule has 0 radical (unpaired) electrons. The molecule has 136 valence electrons. The number of pyridine rings is 1. The van der Waals surface area contributed by atoms with Crippen molar-refractivity contribution < 1.29 is 13.6 Å². The number of alkyl halides is 2. The van der Waals surface area contributed by atoms with E-state index in [2.05, 4.69) is 25.8 Å². The Kier molecular flexibility index (Phi) is 5.20. The van der Waals surface area contributed by atoms with E-state index in [0.717, 1.165) is 10.2 Å². The van der Waals surface area contributed by atoms with Gasteiger partial charge in [-0.3, -0.25) is 19.7 Å². The number of rotatable bonds is 6. The van der Waals surface area contributed by atoms with Crippen LogP contribution in [0.3, 0.4) is 0 Å². The third kappa shape index (κ3) is 4.41. The van der Waals surface area contributed by atoms with Crippen LogP contribution in [-0.4, -0.2) is 37.0 Å². The topological polar surface area (TPSA) is 89.7 Å². The monoisotopic (exact) mass is 361 g/mol. The minimum absolute atomic E-state index is 0.359. The Balaban J connectivity index is 1.58. The molecule has 0 aliphatic carbocycles. The van der Waals surface area contributed by atoms with Gasteiger partial charge in [0, 0.05) is 24.7 Å². The van der Waals surface area contributed by atoms with Gasteiger partial charge >= 0.3 is 6.03 Å². The highest BCUT2D eigenvalue weighted by molar-refractivity contribution is 5.99.